The van der Waals surface area contributed by atoms with Crippen molar-refractivity contribution in [3.63, 3.8) is 0 Å². The summed E-state index contributed by atoms with van der Waals surface area (Å²) in [5.41, 5.74) is 0.0773. The number of esters is 1. The molecule has 0 radical (unpaired) electrons. The molecule has 0 spiro atoms. The first-order valence-corrected chi connectivity index (χ1v) is 5.99. The van der Waals surface area contributed by atoms with Crippen LogP contribution >= 0.6 is 0 Å². The Morgan fingerprint density at radius 2 is 2.16 bits per heavy atom. The molecule has 2 N–H and O–H groups in total. The highest BCUT2D eigenvalue weighted by molar-refractivity contribution is 5.87. The Hall–Kier alpha value is -2.18. The fourth-order valence-corrected chi connectivity index (χ4v) is 1.47. The van der Waals surface area contributed by atoms with E-state index in [1.165, 1.54) is 19.2 Å². The number of carbonyl (C=O) groups excluding carboxylic acids is 1. The summed E-state index contributed by atoms with van der Waals surface area (Å²) in [6.45, 7) is 1.99. The number of anilines is 1. The van der Waals surface area contributed by atoms with E-state index >= 15 is 0 Å². The molecule has 0 fully saturated rings. The van der Waals surface area contributed by atoms with Gasteiger partial charge in [-0.25, -0.2) is 9.59 Å². The number of aliphatic carboxylic acids is 1. The topological polar surface area (TPSA) is 101 Å². The second-order valence-electron chi connectivity index (χ2n) is 3.97. The number of aromatic nitrogens is 2. The Labute approximate surface area is 111 Å². The second-order valence-corrected chi connectivity index (χ2v) is 3.97. The van der Waals surface area contributed by atoms with Gasteiger partial charge >= 0.3 is 11.9 Å². The predicted molar refractivity (Wildman–Crippen MR) is 67.9 cm³/mol. The van der Waals surface area contributed by atoms with Gasteiger partial charge in [0.1, 0.15) is 11.9 Å². The van der Waals surface area contributed by atoms with Crippen LogP contribution in [0.1, 0.15) is 36.7 Å². The van der Waals surface area contributed by atoms with E-state index in [2.05, 4.69) is 20.3 Å². The summed E-state index contributed by atoms with van der Waals surface area (Å²) in [6.07, 6.45) is 2.22. The number of hydrogen-bond acceptors (Lipinski definition) is 6. The van der Waals surface area contributed by atoms with Crippen LogP contribution in [-0.4, -0.2) is 40.4 Å². The molecule has 7 nitrogen and oxygen atoms in total. The number of carboxylic acid groups (broad SMARTS) is 1. The number of rotatable bonds is 7. The first kappa shape index (κ1) is 14.9. The Balaban J connectivity index is 2.69. The third-order valence-corrected chi connectivity index (χ3v) is 2.53. The van der Waals surface area contributed by atoms with E-state index in [4.69, 9.17) is 5.11 Å². The maximum atomic E-state index is 11.2. The van der Waals surface area contributed by atoms with Crippen molar-refractivity contribution in [3.8, 4) is 0 Å². The van der Waals surface area contributed by atoms with Crippen molar-refractivity contribution in [2.75, 3.05) is 12.4 Å². The zero-order chi connectivity index (χ0) is 14.3. The standard InChI is InChI=1S/C12H17N3O4/c1-3-4-5-8(11(16)17)13-10-7-6-9(14-15-10)12(18)19-2/h6-8H,3-5H2,1-2H3,(H,13,15)(H,16,17)/t8-/m0/s1. The van der Waals surface area contributed by atoms with Crippen LogP contribution < -0.4 is 5.32 Å². The summed E-state index contributed by atoms with van der Waals surface area (Å²) in [7, 11) is 1.25. The number of methoxy groups -OCH3 is 1. The lowest BCUT2D eigenvalue weighted by Crippen LogP contribution is -2.29. The van der Waals surface area contributed by atoms with Crippen molar-refractivity contribution in [1.82, 2.24) is 10.2 Å². The number of unbranched alkanes of at least 4 members (excludes halogenated alkanes) is 1. The van der Waals surface area contributed by atoms with Gasteiger partial charge in [-0.3, -0.25) is 0 Å². The lowest BCUT2D eigenvalue weighted by molar-refractivity contribution is -0.138. The Morgan fingerprint density at radius 3 is 2.63 bits per heavy atom. The SMILES string of the molecule is CCCC[C@H](Nc1ccc(C(=O)OC)nn1)C(=O)O. The van der Waals surface area contributed by atoms with E-state index in [-0.39, 0.29) is 5.69 Å². The van der Waals surface area contributed by atoms with E-state index in [0.717, 1.165) is 12.8 Å². The van der Waals surface area contributed by atoms with Gasteiger partial charge in [0.15, 0.2) is 5.69 Å². The predicted octanol–water partition coefficient (Wildman–Crippen LogP) is 1.32. The average Bonchev–Trinajstić information content (AvgIpc) is 2.43. The molecule has 104 valence electrons. The number of nitrogens with zero attached hydrogens (tertiary/aromatic N) is 2. The van der Waals surface area contributed by atoms with Crippen LogP contribution in [0.4, 0.5) is 5.82 Å². The van der Waals surface area contributed by atoms with E-state index in [1.807, 2.05) is 6.92 Å². The Morgan fingerprint density at radius 1 is 1.42 bits per heavy atom. The fourth-order valence-electron chi connectivity index (χ4n) is 1.47. The molecule has 1 aromatic rings. The van der Waals surface area contributed by atoms with E-state index < -0.39 is 18.0 Å². The molecule has 0 unspecified atom stereocenters. The molecule has 1 aromatic heterocycles. The molecule has 0 saturated heterocycles. The maximum absolute atomic E-state index is 11.2. The van der Waals surface area contributed by atoms with E-state index in [1.54, 1.807) is 0 Å². The highest BCUT2D eigenvalue weighted by atomic mass is 16.5. The van der Waals surface area contributed by atoms with Crippen LogP contribution in [0.5, 0.6) is 0 Å². The number of nitrogens with one attached hydrogen (secondary N) is 1. The summed E-state index contributed by atoms with van der Waals surface area (Å²) in [5.74, 6) is -1.21. The van der Waals surface area contributed by atoms with Gasteiger partial charge < -0.3 is 15.2 Å². The third-order valence-electron chi connectivity index (χ3n) is 2.53. The van der Waals surface area contributed by atoms with E-state index in [0.29, 0.717) is 12.2 Å². The fraction of sp³-hybridized carbons (Fsp3) is 0.500. The van der Waals surface area contributed by atoms with Gasteiger partial charge in [0.2, 0.25) is 0 Å². The van der Waals surface area contributed by atoms with Gasteiger partial charge in [-0.1, -0.05) is 19.8 Å². The molecule has 0 amide bonds. The molecular weight excluding hydrogens is 250 g/mol. The minimum atomic E-state index is -0.938. The molecule has 7 heteroatoms. The molecule has 0 aliphatic rings. The summed E-state index contributed by atoms with van der Waals surface area (Å²) < 4.78 is 4.49. The molecule has 0 aromatic carbocycles. The van der Waals surface area contributed by atoms with Crippen LogP contribution in [0.3, 0.4) is 0 Å². The highest BCUT2D eigenvalue weighted by Gasteiger charge is 2.17. The molecule has 0 saturated carbocycles. The zero-order valence-corrected chi connectivity index (χ0v) is 10.9. The number of ether oxygens (including phenoxy) is 1. The van der Waals surface area contributed by atoms with Crippen molar-refractivity contribution in [2.45, 2.75) is 32.2 Å². The average molecular weight is 267 g/mol. The van der Waals surface area contributed by atoms with Gasteiger partial charge in [0.05, 0.1) is 7.11 Å². The van der Waals surface area contributed by atoms with Gasteiger partial charge in [-0.15, -0.1) is 10.2 Å². The van der Waals surface area contributed by atoms with Crippen molar-refractivity contribution in [3.05, 3.63) is 17.8 Å². The number of carbonyl (C=O) groups is 2. The summed E-state index contributed by atoms with van der Waals surface area (Å²) in [4.78, 5) is 22.2. The summed E-state index contributed by atoms with van der Waals surface area (Å²) >= 11 is 0. The van der Waals surface area contributed by atoms with Crippen LogP contribution in [0, 0.1) is 0 Å². The van der Waals surface area contributed by atoms with Crippen LogP contribution in [0.2, 0.25) is 0 Å². The van der Waals surface area contributed by atoms with Crippen LogP contribution in [-0.2, 0) is 9.53 Å². The van der Waals surface area contributed by atoms with Gasteiger partial charge in [0, 0.05) is 0 Å². The highest BCUT2D eigenvalue weighted by Crippen LogP contribution is 2.09. The quantitative estimate of drug-likeness (QED) is 0.718. The largest absolute Gasteiger partial charge is 0.480 e. The van der Waals surface area contributed by atoms with Crippen LogP contribution in [0.25, 0.3) is 0 Å². The smallest absolute Gasteiger partial charge is 0.358 e. The first-order valence-electron chi connectivity index (χ1n) is 5.99. The van der Waals surface area contributed by atoms with Crippen molar-refractivity contribution in [1.29, 1.82) is 0 Å². The minimum Gasteiger partial charge on any atom is -0.480 e. The normalized spacial score (nSPS) is 11.7. The summed E-state index contributed by atoms with van der Waals surface area (Å²) in [6, 6.07) is 2.22. The molecular formula is C12H17N3O4. The molecule has 19 heavy (non-hydrogen) atoms. The first-order chi connectivity index (χ1) is 9.08. The Bertz CT molecular complexity index is 433. The summed E-state index contributed by atoms with van der Waals surface area (Å²) in [5, 5.41) is 19.2. The van der Waals surface area contributed by atoms with Gasteiger partial charge in [-0.05, 0) is 18.6 Å². The van der Waals surface area contributed by atoms with E-state index in [9.17, 15) is 9.59 Å². The monoisotopic (exact) mass is 267 g/mol. The molecule has 1 heterocycles. The number of carboxylic acids is 1. The molecule has 0 bridgehead atoms. The minimum absolute atomic E-state index is 0.0773. The lowest BCUT2D eigenvalue weighted by Gasteiger charge is -2.14. The van der Waals surface area contributed by atoms with Gasteiger partial charge in [0.25, 0.3) is 0 Å². The molecule has 0 aliphatic carbocycles. The van der Waals surface area contributed by atoms with Gasteiger partial charge in [-0.2, -0.15) is 0 Å². The third kappa shape index (κ3) is 4.53. The number of hydrogen-bond donors (Lipinski definition) is 2. The second kappa shape index (κ2) is 7.30. The Kier molecular flexibility index (Phi) is 5.72. The zero-order valence-electron chi connectivity index (χ0n) is 10.9. The maximum Gasteiger partial charge on any atom is 0.358 e. The van der Waals surface area contributed by atoms with Crippen molar-refractivity contribution < 1.29 is 19.4 Å². The lowest BCUT2D eigenvalue weighted by atomic mass is 10.1. The molecule has 1 atom stereocenters. The molecule has 1 rings (SSSR count). The molecule has 0 aliphatic heterocycles. The van der Waals surface area contributed by atoms with Crippen molar-refractivity contribution >= 4 is 17.8 Å². The van der Waals surface area contributed by atoms with Crippen molar-refractivity contribution in [2.24, 2.45) is 0 Å². The van der Waals surface area contributed by atoms with Crippen LogP contribution in [0.15, 0.2) is 12.1 Å².